The first kappa shape index (κ1) is 21.0. The first-order valence-corrected chi connectivity index (χ1v) is 10.6. The van der Waals surface area contributed by atoms with Gasteiger partial charge in [-0.05, 0) is 6.42 Å². The molecular weight excluding hydrogens is 380 g/mol. The molecule has 0 aromatic carbocycles. The van der Waals surface area contributed by atoms with Gasteiger partial charge < -0.3 is 19.7 Å². The highest BCUT2D eigenvalue weighted by molar-refractivity contribution is 7.09. The third-order valence-electron chi connectivity index (χ3n) is 5.38. The zero-order valence-corrected chi connectivity index (χ0v) is 17.9. The lowest BCUT2D eigenvalue weighted by Gasteiger charge is -2.28. The number of rotatable bonds is 7. The Balaban J connectivity index is 1.59. The number of carbonyl (C=O) groups is 2. The molecule has 1 aliphatic heterocycles. The number of nitrogens with one attached hydrogen (secondary N) is 1. The quantitative estimate of drug-likeness (QED) is 0.689. The van der Waals surface area contributed by atoms with Crippen molar-refractivity contribution in [3.63, 3.8) is 0 Å². The van der Waals surface area contributed by atoms with Crippen molar-refractivity contribution in [2.45, 2.75) is 38.3 Å². The first-order chi connectivity index (χ1) is 13.4. The number of ether oxygens (including phenoxy) is 2. The number of amides is 2. The summed E-state index contributed by atoms with van der Waals surface area (Å²) < 4.78 is 10.4. The third-order valence-corrected chi connectivity index (χ3v) is 6.57. The smallest absolute Gasteiger partial charge is 0.331 e. The molecule has 2 amide bonds. The summed E-state index contributed by atoms with van der Waals surface area (Å²) in [5.41, 5.74) is -0.0667. The molecule has 28 heavy (non-hydrogen) atoms. The van der Waals surface area contributed by atoms with Gasteiger partial charge in [0.15, 0.2) is 0 Å². The normalized spacial score (nSPS) is 24.8. The van der Waals surface area contributed by atoms with Gasteiger partial charge in [0.05, 0.1) is 37.6 Å². The molecule has 1 unspecified atom stereocenters. The average molecular weight is 411 g/mol. The van der Waals surface area contributed by atoms with E-state index >= 15 is 0 Å². The van der Waals surface area contributed by atoms with Crippen LogP contribution in [-0.2, 0) is 20.8 Å². The second-order valence-corrected chi connectivity index (χ2v) is 8.78. The maximum absolute atomic E-state index is 12.8. The van der Waals surface area contributed by atoms with Gasteiger partial charge in [-0.1, -0.05) is 13.8 Å². The zero-order valence-electron chi connectivity index (χ0n) is 17.1. The van der Waals surface area contributed by atoms with Gasteiger partial charge in [-0.2, -0.15) is 0 Å². The molecule has 0 radical (unpaired) electrons. The van der Waals surface area contributed by atoms with E-state index in [1.807, 2.05) is 5.38 Å². The van der Waals surface area contributed by atoms with Gasteiger partial charge >= 0.3 is 12.0 Å². The minimum atomic E-state index is -0.927. The molecule has 1 N–H and O–H groups in total. The maximum atomic E-state index is 12.8. The van der Waals surface area contributed by atoms with E-state index < -0.39 is 5.54 Å². The second kappa shape index (κ2) is 8.75. The van der Waals surface area contributed by atoms with Crippen molar-refractivity contribution >= 4 is 23.3 Å². The molecule has 8 nitrogen and oxygen atoms in total. The van der Waals surface area contributed by atoms with Crippen LogP contribution in [-0.4, -0.2) is 79.3 Å². The van der Waals surface area contributed by atoms with E-state index in [2.05, 4.69) is 29.0 Å². The molecule has 2 aliphatic rings. The molecule has 1 saturated heterocycles. The number of urea groups is 1. The maximum Gasteiger partial charge on any atom is 0.331 e. The Labute approximate surface area is 170 Å². The molecule has 1 aromatic rings. The third kappa shape index (κ3) is 4.64. The number of morpholine rings is 1. The zero-order chi connectivity index (χ0) is 20.3. The van der Waals surface area contributed by atoms with Crippen molar-refractivity contribution in [1.29, 1.82) is 0 Å². The minimum Gasteiger partial charge on any atom is -0.467 e. The lowest BCUT2D eigenvalue weighted by molar-refractivity contribution is -0.144. The van der Waals surface area contributed by atoms with Gasteiger partial charge in [0.1, 0.15) is 5.54 Å². The predicted molar refractivity (Wildman–Crippen MR) is 106 cm³/mol. The average Bonchev–Trinajstić information content (AvgIpc) is 3.14. The molecular formula is C19H30N4O4S. The summed E-state index contributed by atoms with van der Waals surface area (Å²) >= 11 is 1.61. The fraction of sp³-hybridized carbons (Fsp3) is 0.737. The Hall–Kier alpha value is -1.71. The van der Waals surface area contributed by atoms with Crippen LogP contribution < -0.4 is 5.32 Å². The molecule has 9 heteroatoms. The van der Waals surface area contributed by atoms with E-state index in [1.54, 1.807) is 23.3 Å². The summed E-state index contributed by atoms with van der Waals surface area (Å²) in [6.07, 6.45) is 0.602. The Morgan fingerprint density at radius 1 is 1.46 bits per heavy atom. The molecule has 2 atom stereocenters. The summed E-state index contributed by atoms with van der Waals surface area (Å²) in [6.45, 7) is 8.47. The second-order valence-electron chi connectivity index (χ2n) is 7.89. The molecule has 0 spiro atoms. The number of hydrogen-bond acceptors (Lipinski definition) is 7. The van der Waals surface area contributed by atoms with Crippen molar-refractivity contribution in [2.75, 3.05) is 47.0 Å². The van der Waals surface area contributed by atoms with E-state index in [1.165, 1.54) is 7.11 Å². The van der Waals surface area contributed by atoms with Crippen LogP contribution in [0.3, 0.4) is 0 Å². The standard InChI is InChI=1S/C19H30N4O4S/c1-13(2)16-20-15(12-28-16)11-22(3)18(25)21-19(17(24)26-4)9-14(19)10-23-5-7-27-8-6-23/h12-14H,5-11H2,1-4H3,(H,21,25)/t14?,19-/m1/s1. The van der Waals surface area contributed by atoms with Gasteiger partial charge in [-0.3, -0.25) is 4.90 Å². The van der Waals surface area contributed by atoms with Crippen molar-refractivity contribution in [3.05, 3.63) is 16.1 Å². The molecule has 1 saturated carbocycles. The summed E-state index contributed by atoms with van der Waals surface area (Å²) in [7, 11) is 3.08. The Kier molecular flexibility index (Phi) is 6.57. The molecule has 1 aliphatic carbocycles. The molecule has 2 heterocycles. The van der Waals surface area contributed by atoms with Crippen LogP contribution >= 0.6 is 11.3 Å². The van der Waals surface area contributed by atoms with E-state index in [0.29, 0.717) is 32.1 Å². The fourth-order valence-electron chi connectivity index (χ4n) is 3.54. The largest absolute Gasteiger partial charge is 0.467 e. The molecule has 1 aromatic heterocycles. The van der Waals surface area contributed by atoms with Crippen molar-refractivity contribution in [3.8, 4) is 0 Å². The Morgan fingerprint density at radius 3 is 2.79 bits per heavy atom. The van der Waals surface area contributed by atoms with E-state index in [0.717, 1.165) is 30.3 Å². The fourth-order valence-corrected chi connectivity index (χ4v) is 4.37. The lowest BCUT2D eigenvalue weighted by Crippen LogP contribution is -2.51. The van der Waals surface area contributed by atoms with Gasteiger partial charge in [0.25, 0.3) is 0 Å². The summed E-state index contributed by atoms with van der Waals surface area (Å²) in [5.74, 6) is 0.0540. The molecule has 3 rings (SSSR count). The summed E-state index contributed by atoms with van der Waals surface area (Å²) in [4.78, 5) is 33.6. The van der Waals surface area contributed by atoms with Gasteiger partial charge in [0, 0.05) is 43.9 Å². The first-order valence-electron chi connectivity index (χ1n) is 9.72. The van der Waals surface area contributed by atoms with E-state index in [4.69, 9.17) is 9.47 Å². The minimum absolute atomic E-state index is 0.0576. The van der Waals surface area contributed by atoms with Crippen molar-refractivity contribution < 1.29 is 19.1 Å². The van der Waals surface area contributed by atoms with E-state index in [9.17, 15) is 9.59 Å². The summed E-state index contributed by atoms with van der Waals surface area (Å²) in [5, 5.41) is 5.98. The van der Waals surface area contributed by atoms with Gasteiger partial charge in [0.2, 0.25) is 0 Å². The number of hydrogen-bond donors (Lipinski definition) is 1. The highest BCUT2D eigenvalue weighted by Gasteiger charge is 2.62. The van der Waals surface area contributed by atoms with Crippen molar-refractivity contribution in [2.24, 2.45) is 5.92 Å². The van der Waals surface area contributed by atoms with Crippen molar-refractivity contribution in [1.82, 2.24) is 20.1 Å². The monoisotopic (exact) mass is 410 g/mol. The molecule has 0 bridgehead atoms. The lowest BCUT2D eigenvalue weighted by atomic mass is 10.2. The van der Waals surface area contributed by atoms with Crippen LogP contribution in [0.4, 0.5) is 4.79 Å². The summed E-state index contributed by atoms with van der Waals surface area (Å²) in [6, 6.07) is -0.283. The highest BCUT2D eigenvalue weighted by Crippen LogP contribution is 2.45. The van der Waals surface area contributed by atoms with Crippen LogP contribution in [0.15, 0.2) is 5.38 Å². The Morgan fingerprint density at radius 2 is 2.18 bits per heavy atom. The number of esters is 1. The highest BCUT2D eigenvalue weighted by atomic mass is 32.1. The molecule has 2 fully saturated rings. The van der Waals surface area contributed by atoms with Crippen LogP contribution in [0.25, 0.3) is 0 Å². The number of aromatic nitrogens is 1. The predicted octanol–water partition coefficient (Wildman–Crippen LogP) is 1.67. The molecule has 156 valence electrons. The van der Waals surface area contributed by atoms with Crippen LogP contribution in [0.5, 0.6) is 0 Å². The van der Waals surface area contributed by atoms with Gasteiger partial charge in [-0.15, -0.1) is 11.3 Å². The SMILES string of the molecule is COC(=O)[C@@]1(NC(=O)N(C)Cc2csc(C(C)C)n2)CC1CN1CCOCC1. The number of carbonyl (C=O) groups excluding carboxylic acids is 2. The number of thiazole rings is 1. The number of methoxy groups -OCH3 is 1. The topological polar surface area (TPSA) is 84.0 Å². The number of nitrogens with zero attached hydrogens (tertiary/aromatic N) is 3. The van der Waals surface area contributed by atoms with Crippen LogP contribution in [0, 0.1) is 5.92 Å². The van der Waals surface area contributed by atoms with Crippen LogP contribution in [0.1, 0.15) is 36.9 Å². The van der Waals surface area contributed by atoms with E-state index in [-0.39, 0.29) is 17.9 Å². The van der Waals surface area contributed by atoms with Crippen LogP contribution in [0.2, 0.25) is 0 Å². The van der Waals surface area contributed by atoms with Gasteiger partial charge in [-0.25, -0.2) is 14.6 Å². The Bertz CT molecular complexity index is 704.